The number of aliphatic hydroxyl groups is 1. The molecule has 1 unspecified atom stereocenters. The molecule has 1 amide bonds. The zero-order valence-electron chi connectivity index (χ0n) is 19.5. The van der Waals surface area contributed by atoms with Crippen molar-refractivity contribution in [3.63, 3.8) is 0 Å². The molecule has 1 aliphatic heterocycles. The first kappa shape index (κ1) is 22.9. The fourth-order valence-electron chi connectivity index (χ4n) is 4.26. The standard InChI is InChI=1S/C28H22N2O6/c1-34-21-11-5-18(6-12-21)25-24(26(31)19-7-13-22(35-2)14-8-19)27(32)28(33)30(25)20-9-3-17(4-10-20)23-15-16-36-29-23/h3-16,25,31H,1-2H3. The number of carbonyl (C=O) groups is 2. The lowest BCUT2D eigenvalue weighted by atomic mass is 9.95. The summed E-state index contributed by atoms with van der Waals surface area (Å²) in [6.45, 7) is 0. The summed E-state index contributed by atoms with van der Waals surface area (Å²) in [5, 5.41) is 15.2. The Balaban J connectivity index is 1.63. The summed E-state index contributed by atoms with van der Waals surface area (Å²) in [4.78, 5) is 28.0. The van der Waals surface area contributed by atoms with Gasteiger partial charge in [-0.15, -0.1) is 0 Å². The van der Waals surface area contributed by atoms with E-state index in [1.165, 1.54) is 18.3 Å². The Morgan fingerprint density at radius 3 is 2.03 bits per heavy atom. The number of aliphatic hydroxyl groups excluding tert-OH is 1. The molecule has 180 valence electrons. The third-order valence-electron chi connectivity index (χ3n) is 6.12. The number of ether oxygens (including phenoxy) is 2. The molecule has 2 heterocycles. The second kappa shape index (κ2) is 9.42. The summed E-state index contributed by atoms with van der Waals surface area (Å²) in [5.74, 6) is -0.544. The van der Waals surface area contributed by atoms with Crippen molar-refractivity contribution in [1.29, 1.82) is 0 Å². The van der Waals surface area contributed by atoms with Gasteiger partial charge < -0.3 is 19.1 Å². The normalized spacial score (nSPS) is 16.8. The van der Waals surface area contributed by atoms with Crippen LogP contribution in [0, 0.1) is 0 Å². The zero-order valence-corrected chi connectivity index (χ0v) is 19.5. The molecule has 0 saturated carbocycles. The summed E-state index contributed by atoms with van der Waals surface area (Å²) >= 11 is 0. The third kappa shape index (κ3) is 3.98. The van der Waals surface area contributed by atoms with Gasteiger partial charge in [0.25, 0.3) is 11.7 Å². The quantitative estimate of drug-likeness (QED) is 0.235. The van der Waals surface area contributed by atoms with Crippen LogP contribution in [0.15, 0.2) is 95.2 Å². The van der Waals surface area contributed by atoms with Crippen LogP contribution in [0.5, 0.6) is 11.5 Å². The summed E-state index contributed by atoms with van der Waals surface area (Å²) in [5.41, 5.74) is 2.98. The Bertz CT molecular complexity index is 1420. The van der Waals surface area contributed by atoms with E-state index in [2.05, 4.69) is 5.16 Å². The Morgan fingerprint density at radius 1 is 0.861 bits per heavy atom. The molecule has 8 heteroatoms. The van der Waals surface area contributed by atoms with Crippen molar-refractivity contribution >= 4 is 23.1 Å². The molecule has 4 aromatic rings. The van der Waals surface area contributed by atoms with Gasteiger partial charge in [-0.2, -0.15) is 0 Å². The molecule has 0 spiro atoms. The molecule has 0 bridgehead atoms. The van der Waals surface area contributed by atoms with Crippen molar-refractivity contribution in [1.82, 2.24) is 5.16 Å². The first-order valence-electron chi connectivity index (χ1n) is 11.1. The molecule has 36 heavy (non-hydrogen) atoms. The summed E-state index contributed by atoms with van der Waals surface area (Å²) in [6.07, 6.45) is 1.48. The largest absolute Gasteiger partial charge is 0.507 e. The number of amides is 1. The van der Waals surface area contributed by atoms with E-state index in [1.807, 2.05) is 0 Å². The maximum atomic E-state index is 13.3. The topological polar surface area (TPSA) is 102 Å². The van der Waals surface area contributed by atoms with E-state index in [0.717, 1.165) is 5.56 Å². The van der Waals surface area contributed by atoms with Gasteiger partial charge in [0.15, 0.2) is 0 Å². The van der Waals surface area contributed by atoms with Crippen molar-refractivity contribution in [2.24, 2.45) is 0 Å². The van der Waals surface area contributed by atoms with Crippen LogP contribution in [-0.4, -0.2) is 36.2 Å². The van der Waals surface area contributed by atoms with Crippen LogP contribution in [0.2, 0.25) is 0 Å². The Labute approximate surface area is 207 Å². The number of anilines is 1. The molecule has 8 nitrogen and oxygen atoms in total. The van der Waals surface area contributed by atoms with Crippen molar-refractivity contribution in [3.05, 3.63) is 102 Å². The van der Waals surface area contributed by atoms with Crippen LogP contribution in [-0.2, 0) is 9.59 Å². The number of methoxy groups -OCH3 is 2. The lowest BCUT2D eigenvalue weighted by Gasteiger charge is -2.25. The average molecular weight is 482 g/mol. The van der Waals surface area contributed by atoms with Crippen LogP contribution >= 0.6 is 0 Å². The number of carbonyl (C=O) groups excluding carboxylic acids is 2. The highest BCUT2D eigenvalue weighted by atomic mass is 16.5. The summed E-state index contributed by atoms with van der Waals surface area (Å²) in [6, 6.07) is 21.6. The van der Waals surface area contributed by atoms with E-state index in [-0.39, 0.29) is 11.3 Å². The monoisotopic (exact) mass is 482 g/mol. The van der Waals surface area contributed by atoms with Gasteiger partial charge in [-0.25, -0.2) is 0 Å². The maximum absolute atomic E-state index is 13.3. The van der Waals surface area contributed by atoms with E-state index >= 15 is 0 Å². The molecule has 5 rings (SSSR count). The van der Waals surface area contributed by atoms with E-state index < -0.39 is 17.7 Å². The minimum absolute atomic E-state index is 0.00379. The van der Waals surface area contributed by atoms with E-state index in [9.17, 15) is 14.7 Å². The second-order valence-corrected chi connectivity index (χ2v) is 8.10. The van der Waals surface area contributed by atoms with E-state index in [0.29, 0.717) is 34.0 Å². The Kier molecular flexibility index (Phi) is 6.00. The molecule has 0 aliphatic carbocycles. The minimum atomic E-state index is -0.851. The van der Waals surface area contributed by atoms with Crippen LogP contribution in [0.25, 0.3) is 17.0 Å². The number of ketones is 1. The molecule has 3 aromatic carbocycles. The van der Waals surface area contributed by atoms with Gasteiger partial charge >= 0.3 is 0 Å². The molecular weight excluding hydrogens is 460 g/mol. The number of nitrogens with zero attached hydrogens (tertiary/aromatic N) is 2. The maximum Gasteiger partial charge on any atom is 0.300 e. The molecule has 1 fully saturated rings. The van der Waals surface area contributed by atoms with Gasteiger partial charge in [-0.05, 0) is 54.1 Å². The molecule has 1 saturated heterocycles. The number of aromatic nitrogens is 1. The fraction of sp³-hybridized carbons (Fsp3) is 0.107. The van der Waals surface area contributed by atoms with Gasteiger partial charge in [-0.1, -0.05) is 29.4 Å². The van der Waals surface area contributed by atoms with Crippen molar-refractivity contribution in [2.75, 3.05) is 19.1 Å². The number of hydrogen-bond acceptors (Lipinski definition) is 7. The zero-order chi connectivity index (χ0) is 25.2. The highest BCUT2D eigenvalue weighted by Crippen LogP contribution is 2.43. The predicted molar refractivity (Wildman–Crippen MR) is 133 cm³/mol. The van der Waals surface area contributed by atoms with Gasteiger partial charge in [0.1, 0.15) is 29.2 Å². The summed E-state index contributed by atoms with van der Waals surface area (Å²) < 4.78 is 15.4. The molecule has 0 radical (unpaired) electrons. The highest BCUT2D eigenvalue weighted by molar-refractivity contribution is 6.51. The van der Waals surface area contributed by atoms with Crippen LogP contribution < -0.4 is 14.4 Å². The number of Topliss-reactive ketones (excluding diaryl/α,β-unsaturated/α-hetero) is 1. The van der Waals surface area contributed by atoms with E-state index in [1.54, 1.807) is 86.0 Å². The molecule has 1 aromatic heterocycles. The van der Waals surface area contributed by atoms with E-state index in [4.69, 9.17) is 14.0 Å². The number of hydrogen-bond donors (Lipinski definition) is 1. The van der Waals surface area contributed by atoms with Crippen molar-refractivity contribution in [3.8, 4) is 22.8 Å². The first-order chi connectivity index (χ1) is 17.5. The minimum Gasteiger partial charge on any atom is -0.507 e. The van der Waals surface area contributed by atoms with Crippen molar-refractivity contribution < 1.29 is 28.7 Å². The molecule has 1 aliphatic rings. The van der Waals surface area contributed by atoms with Gasteiger partial charge in [0, 0.05) is 22.9 Å². The Morgan fingerprint density at radius 2 is 1.47 bits per heavy atom. The lowest BCUT2D eigenvalue weighted by molar-refractivity contribution is -0.132. The third-order valence-corrected chi connectivity index (χ3v) is 6.12. The lowest BCUT2D eigenvalue weighted by Crippen LogP contribution is -2.29. The molecule has 1 N–H and O–H groups in total. The average Bonchev–Trinajstić information content (AvgIpc) is 3.56. The van der Waals surface area contributed by atoms with Gasteiger partial charge in [-0.3, -0.25) is 14.5 Å². The van der Waals surface area contributed by atoms with Crippen LogP contribution in [0.4, 0.5) is 5.69 Å². The van der Waals surface area contributed by atoms with Gasteiger partial charge in [0.2, 0.25) is 0 Å². The van der Waals surface area contributed by atoms with Gasteiger partial charge in [0.05, 0.1) is 25.8 Å². The SMILES string of the molecule is COc1ccc(C(O)=C2C(=O)C(=O)N(c3ccc(-c4ccon4)cc3)C2c2ccc(OC)cc2)cc1. The van der Waals surface area contributed by atoms with Crippen molar-refractivity contribution in [2.45, 2.75) is 6.04 Å². The molecular formula is C28H22N2O6. The van der Waals surface area contributed by atoms with Crippen LogP contribution in [0.1, 0.15) is 17.2 Å². The number of rotatable bonds is 6. The van der Waals surface area contributed by atoms with Crippen LogP contribution in [0.3, 0.4) is 0 Å². The number of benzene rings is 3. The second-order valence-electron chi connectivity index (χ2n) is 8.10. The fourth-order valence-corrected chi connectivity index (χ4v) is 4.26. The first-order valence-corrected chi connectivity index (χ1v) is 11.1. The predicted octanol–water partition coefficient (Wildman–Crippen LogP) is 4.99. The molecule has 1 atom stereocenters. The summed E-state index contributed by atoms with van der Waals surface area (Å²) in [7, 11) is 3.10. The Hall–Kier alpha value is -4.85. The highest BCUT2D eigenvalue weighted by Gasteiger charge is 2.47. The smallest absolute Gasteiger partial charge is 0.300 e.